The first-order valence-electron chi connectivity index (χ1n) is 5.82. The first-order valence-corrected chi connectivity index (χ1v) is 8.25. The molecule has 6 nitrogen and oxygen atoms in total. The number of carboxylic acids is 1. The van der Waals surface area contributed by atoms with Crippen molar-refractivity contribution in [1.82, 2.24) is 5.32 Å². The van der Waals surface area contributed by atoms with E-state index in [-0.39, 0.29) is 11.6 Å². The molecule has 1 aromatic carbocycles. The van der Waals surface area contributed by atoms with Gasteiger partial charge in [0.05, 0.1) is 22.7 Å². The maximum Gasteiger partial charge on any atom is 0.305 e. The fourth-order valence-corrected chi connectivity index (χ4v) is 3.27. The quantitative estimate of drug-likeness (QED) is 0.441. The highest BCUT2D eigenvalue weighted by atomic mass is 79.9. The number of halogens is 3. The SMILES string of the molecule is O=C(O)CC1SC(=NN=Cc2ccc(Br)c(Cl)c2Cl)NC1=O. The highest BCUT2D eigenvalue weighted by molar-refractivity contribution is 9.10. The van der Waals surface area contributed by atoms with E-state index in [4.69, 9.17) is 28.3 Å². The fraction of sp³-hybridized carbons (Fsp3) is 0.167. The van der Waals surface area contributed by atoms with Crippen LogP contribution in [0.5, 0.6) is 0 Å². The Hall–Kier alpha value is -1.09. The summed E-state index contributed by atoms with van der Waals surface area (Å²) in [5.74, 6) is -1.44. The molecule has 1 unspecified atom stereocenters. The number of carbonyl (C=O) groups is 2. The van der Waals surface area contributed by atoms with Gasteiger partial charge in [0.2, 0.25) is 5.91 Å². The van der Waals surface area contributed by atoms with E-state index < -0.39 is 17.1 Å². The molecular weight excluding hydrogens is 417 g/mol. The second-order valence-electron chi connectivity index (χ2n) is 4.11. The Balaban J connectivity index is 2.08. The molecule has 0 spiro atoms. The van der Waals surface area contributed by atoms with E-state index in [0.29, 0.717) is 20.1 Å². The van der Waals surface area contributed by atoms with E-state index in [1.165, 1.54) is 6.21 Å². The monoisotopic (exact) mass is 423 g/mol. The zero-order valence-corrected chi connectivity index (χ0v) is 14.6. The Labute approximate surface area is 148 Å². The molecule has 0 radical (unpaired) electrons. The molecule has 0 aliphatic carbocycles. The van der Waals surface area contributed by atoms with Crippen LogP contribution in [0.25, 0.3) is 0 Å². The number of amidine groups is 1. The van der Waals surface area contributed by atoms with Crippen LogP contribution < -0.4 is 5.32 Å². The molecule has 116 valence electrons. The van der Waals surface area contributed by atoms with E-state index >= 15 is 0 Å². The lowest BCUT2D eigenvalue weighted by molar-refractivity contribution is -0.138. The van der Waals surface area contributed by atoms with Crippen LogP contribution in [0.15, 0.2) is 26.8 Å². The summed E-state index contributed by atoms with van der Waals surface area (Å²) < 4.78 is 0.665. The van der Waals surface area contributed by atoms with Gasteiger partial charge in [-0.3, -0.25) is 9.59 Å². The maximum absolute atomic E-state index is 11.5. The van der Waals surface area contributed by atoms with Crippen molar-refractivity contribution in [2.24, 2.45) is 10.2 Å². The Kier molecular flexibility index (Phi) is 5.85. The molecule has 1 saturated heterocycles. The third-order valence-corrected chi connectivity index (χ3v) is 5.40. The van der Waals surface area contributed by atoms with Gasteiger partial charge >= 0.3 is 5.97 Å². The molecule has 1 amide bonds. The average molecular weight is 425 g/mol. The van der Waals surface area contributed by atoms with Crippen LogP contribution in [0.4, 0.5) is 0 Å². The zero-order valence-electron chi connectivity index (χ0n) is 10.7. The first kappa shape index (κ1) is 17.3. The number of thioether (sulfide) groups is 1. The smallest absolute Gasteiger partial charge is 0.305 e. The maximum atomic E-state index is 11.5. The van der Waals surface area contributed by atoms with Gasteiger partial charge in [-0.15, -0.1) is 5.10 Å². The van der Waals surface area contributed by atoms with Crippen molar-refractivity contribution in [1.29, 1.82) is 0 Å². The standard InChI is InChI=1S/C12H8BrCl2N3O3S/c13-6-2-1-5(9(14)10(6)15)4-16-18-12-17-11(21)7(22-12)3-8(19)20/h1-2,4,7H,3H2,(H,19,20)(H,17,18,21). The number of aliphatic carboxylic acids is 1. The van der Waals surface area contributed by atoms with Crippen LogP contribution in [0, 0.1) is 0 Å². The Morgan fingerprint density at radius 1 is 1.45 bits per heavy atom. The van der Waals surface area contributed by atoms with Crippen LogP contribution in [-0.2, 0) is 9.59 Å². The molecule has 0 saturated carbocycles. The number of nitrogens with zero attached hydrogens (tertiary/aromatic N) is 2. The summed E-state index contributed by atoms with van der Waals surface area (Å²) in [5.41, 5.74) is 0.565. The van der Waals surface area contributed by atoms with Crippen molar-refractivity contribution in [3.63, 3.8) is 0 Å². The second-order valence-corrected chi connectivity index (χ2v) is 6.91. The topological polar surface area (TPSA) is 91.1 Å². The number of rotatable bonds is 4. The molecule has 1 aliphatic rings. The summed E-state index contributed by atoms with van der Waals surface area (Å²) in [6.45, 7) is 0. The van der Waals surface area contributed by atoms with Crippen molar-refractivity contribution < 1.29 is 14.7 Å². The average Bonchev–Trinajstić information content (AvgIpc) is 2.78. The molecule has 22 heavy (non-hydrogen) atoms. The van der Waals surface area contributed by atoms with E-state index in [0.717, 1.165) is 11.8 Å². The van der Waals surface area contributed by atoms with Crippen LogP contribution in [0.3, 0.4) is 0 Å². The van der Waals surface area contributed by atoms with E-state index in [1.54, 1.807) is 12.1 Å². The lowest BCUT2D eigenvalue weighted by Crippen LogP contribution is -2.26. The fourth-order valence-electron chi connectivity index (χ4n) is 1.53. The predicted molar refractivity (Wildman–Crippen MR) is 91.0 cm³/mol. The molecule has 1 aliphatic heterocycles. The van der Waals surface area contributed by atoms with Gasteiger partial charge in [-0.2, -0.15) is 5.10 Å². The number of amides is 1. The highest BCUT2D eigenvalue weighted by Gasteiger charge is 2.32. The molecule has 0 aromatic heterocycles. The number of carbonyl (C=O) groups excluding carboxylic acids is 1. The minimum Gasteiger partial charge on any atom is -0.481 e. The molecule has 2 N–H and O–H groups in total. The predicted octanol–water partition coefficient (Wildman–Crippen LogP) is 3.15. The van der Waals surface area contributed by atoms with E-state index in [2.05, 4.69) is 31.4 Å². The van der Waals surface area contributed by atoms with Crippen molar-refractivity contribution in [2.75, 3.05) is 0 Å². The summed E-state index contributed by atoms with van der Waals surface area (Å²) in [7, 11) is 0. The van der Waals surface area contributed by atoms with E-state index in [9.17, 15) is 9.59 Å². The van der Waals surface area contributed by atoms with Crippen LogP contribution in [0.1, 0.15) is 12.0 Å². The van der Waals surface area contributed by atoms with Gasteiger partial charge in [0, 0.05) is 10.0 Å². The van der Waals surface area contributed by atoms with Crippen LogP contribution in [-0.4, -0.2) is 33.6 Å². The van der Waals surface area contributed by atoms with Crippen molar-refractivity contribution in [2.45, 2.75) is 11.7 Å². The number of benzene rings is 1. The van der Waals surface area contributed by atoms with Gasteiger partial charge in [0.25, 0.3) is 0 Å². The molecular formula is C12H8BrCl2N3O3S. The number of carboxylic acid groups (broad SMARTS) is 1. The number of hydrogen-bond donors (Lipinski definition) is 2. The zero-order chi connectivity index (χ0) is 16.3. The van der Waals surface area contributed by atoms with Gasteiger partial charge < -0.3 is 10.4 Å². The molecule has 1 atom stereocenters. The number of hydrogen-bond acceptors (Lipinski definition) is 5. The Morgan fingerprint density at radius 2 is 2.18 bits per heavy atom. The Bertz CT molecular complexity index is 696. The molecule has 1 heterocycles. The lowest BCUT2D eigenvalue weighted by Gasteiger charge is -2.01. The summed E-state index contributed by atoms with van der Waals surface area (Å²) in [5, 5.41) is 19.0. The molecule has 2 rings (SSSR count). The minimum absolute atomic E-state index is 0.242. The largest absolute Gasteiger partial charge is 0.481 e. The van der Waals surface area contributed by atoms with Crippen LogP contribution >= 0.6 is 50.9 Å². The summed E-state index contributed by atoms with van der Waals surface area (Å²) in [4.78, 5) is 22.1. The van der Waals surface area contributed by atoms with Gasteiger partial charge in [-0.1, -0.05) is 41.0 Å². The third kappa shape index (κ3) is 4.22. The van der Waals surface area contributed by atoms with Gasteiger partial charge in [-0.25, -0.2) is 0 Å². The van der Waals surface area contributed by atoms with E-state index in [1.807, 2.05) is 0 Å². The summed E-state index contributed by atoms with van der Waals surface area (Å²) in [6.07, 6.45) is 1.12. The van der Waals surface area contributed by atoms with Crippen molar-refractivity contribution >= 4 is 74.2 Å². The van der Waals surface area contributed by atoms with Gasteiger partial charge in [0.1, 0.15) is 5.25 Å². The second kappa shape index (κ2) is 7.45. The highest BCUT2D eigenvalue weighted by Crippen LogP contribution is 2.32. The van der Waals surface area contributed by atoms with Crippen LogP contribution in [0.2, 0.25) is 10.0 Å². The normalized spacial score (nSPS) is 19.9. The Morgan fingerprint density at radius 3 is 2.86 bits per heavy atom. The minimum atomic E-state index is -1.05. The molecule has 1 fully saturated rings. The molecule has 0 bridgehead atoms. The number of nitrogens with one attached hydrogen (secondary N) is 1. The summed E-state index contributed by atoms with van der Waals surface area (Å²) in [6, 6.07) is 3.42. The van der Waals surface area contributed by atoms with Crippen molar-refractivity contribution in [3.8, 4) is 0 Å². The van der Waals surface area contributed by atoms with Gasteiger partial charge in [0.15, 0.2) is 5.17 Å². The molecule has 1 aromatic rings. The van der Waals surface area contributed by atoms with Crippen molar-refractivity contribution in [3.05, 3.63) is 32.2 Å². The molecule has 10 heteroatoms. The third-order valence-electron chi connectivity index (χ3n) is 2.55. The summed E-state index contributed by atoms with van der Waals surface area (Å²) >= 11 is 16.3. The first-order chi connectivity index (χ1) is 10.4. The lowest BCUT2D eigenvalue weighted by atomic mass is 10.2. The van der Waals surface area contributed by atoms with Gasteiger partial charge in [-0.05, 0) is 22.0 Å².